The van der Waals surface area contributed by atoms with Gasteiger partial charge in [-0.1, -0.05) is 0 Å². The van der Waals surface area contributed by atoms with E-state index < -0.39 is 5.97 Å². The van der Waals surface area contributed by atoms with Gasteiger partial charge in [-0.2, -0.15) is 0 Å². The van der Waals surface area contributed by atoms with Crippen LogP contribution in [0.3, 0.4) is 0 Å². The number of hydrogen-bond acceptors (Lipinski definition) is 4. The normalized spacial score (nSPS) is 15.6. The number of fused-ring (bicyclic) bond motifs is 1. The molecule has 110 valence electrons. The first-order valence-corrected chi connectivity index (χ1v) is 6.70. The minimum Gasteiger partial charge on any atom is -0.481 e. The van der Waals surface area contributed by atoms with Crippen LogP contribution < -0.4 is 5.32 Å². The average Bonchev–Trinajstić information content (AvgIpc) is 2.85. The molecule has 1 aromatic rings. The molecule has 0 aliphatic carbocycles. The fourth-order valence-corrected chi connectivity index (χ4v) is 2.17. The third-order valence-corrected chi connectivity index (χ3v) is 3.32. The first-order valence-electron chi connectivity index (χ1n) is 6.70. The molecule has 2 N–H and O–H groups in total. The molecule has 2 amide bonds. The van der Waals surface area contributed by atoms with Gasteiger partial charge >= 0.3 is 12.0 Å². The highest BCUT2D eigenvalue weighted by Crippen LogP contribution is 2.09. The van der Waals surface area contributed by atoms with Crippen LogP contribution in [0.25, 0.3) is 0 Å². The SMILES string of the molecule is CC(CCCC(=O)O)NC(=O)N1CCn2cnnc2C1. The standard InChI is InChI=1S/C12H19N5O3/c1-9(3-2-4-11(18)19)14-12(20)16-5-6-17-8-13-15-10(17)7-16/h8-9H,2-7H2,1H3,(H,14,20)(H,18,19). The van der Waals surface area contributed by atoms with Crippen LogP contribution in [0, 0.1) is 0 Å². The van der Waals surface area contributed by atoms with Crippen molar-refractivity contribution in [2.24, 2.45) is 0 Å². The van der Waals surface area contributed by atoms with E-state index >= 15 is 0 Å². The van der Waals surface area contributed by atoms with Crippen molar-refractivity contribution < 1.29 is 14.7 Å². The first kappa shape index (κ1) is 14.3. The summed E-state index contributed by atoms with van der Waals surface area (Å²) in [6.07, 6.45) is 3.01. The largest absolute Gasteiger partial charge is 0.481 e. The first-order chi connectivity index (χ1) is 9.56. The highest BCUT2D eigenvalue weighted by atomic mass is 16.4. The second-order valence-corrected chi connectivity index (χ2v) is 5.00. The number of carboxylic acids is 1. The van der Waals surface area contributed by atoms with Crippen LogP contribution in [-0.2, 0) is 17.9 Å². The van der Waals surface area contributed by atoms with Crippen molar-refractivity contribution in [3.05, 3.63) is 12.2 Å². The van der Waals surface area contributed by atoms with Crippen molar-refractivity contribution in [3.8, 4) is 0 Å². The van der Waals surface area contributed by atoms with Gasteiger partial charge < -0.3 is 19.9 Å². The maximum Gasteiger partial charge on any atom is 0.318 e. The summed E-state index contributed by atoms with van der Waals surface area (Å²) >= 11 is 0. The van der Waals surface area contributed by atoms with Crippen LogP contribution in [0.1, 0.15) is 32.0 Å². The molecule has 1 aliphatic rings. The van der Waals surface area contributed by atoms with Crippen molar-refractivity contribution >= 4 is 12.0 Å². The molecule has 20 heavy (non-hydrogen) atoms. The summed E-state index contributed by atoms with van der Waals surface area (Å²) in [5.74, 6) is -0.0242. The summed E-state index contributed by atoms with van der Waals surface area (Å²) < 4.78 is 1.93. The predicted molar refractivity (Wildman–Crippen MR) is 69.9 cm³/mol. The van der Waals surface area contributed by atoms with Gasteiger partial charge in [0.25, 0.3) is 0 Å². The minimum atomic E-state index is -0.807. The van der Waals surface area contributed by atoms with E-state index in [-0.39, 0.29) is 18.5 Å². The minimum absolute atomic E-state index is 0.0401. The Hall–Kier alpha value is -2.12. The molecular formula is C12H19N5O3. The van der Waals surface area contributed by atoms with Crippen LogP contribution in [0.15, 0.2) is 6.33 Å². The number of carboxylic acid groups (broad SMARTS) is 1. The summed E-state index contributed by atoms with van der Waals surface area (Å²) in [5.41, 5.74) is 0. The average molecular weight is 281 g/mol. The van der Waals surface area contributed by atoms with E-state index in [1.165, 1.54) is 0 Å². The number of aliphatic carboxylic acids is 1. The molecule has 1 aromatic heterocycles. The number of rotatable bonds is 5. The Balaban J connectivity index is 1.76. The van der Waals surface area contributed by atoms with Crippen molar-refractivity contribution in [1.82, 2.24) is 25.0 Å². The number of aromatic nitrogens is 3. The van der Waals surface area contributed by atoms with E-state index in [2.05, 4.69) is 15.5 Å². The van der Waals surface area contributed by atoms with Gasteiger partial charge in [-0.3, -0.25) is 4.79 Å². The monoisotopic (exact) mass is 281 g/mol. The van der Waals surface area contributed by atoms with Gasteiger partial charge in [0.15, 0.2) is 5.82 Å². The number of nitrogens with zero attached hydrogens (tertiary/aromatic N) is 4. The molecule has 1 atom stereocenters. The number of carbonyl (C=O) groups is 2. The number of amides is 2. The smallest absolute Gasteiger partial charge is 0.318 e. The zero-order valence-electron chi connectivity index (χ0n) is 11.4. The molecule has 0 saturated carbocycles. The van der Waals surface area contributed by atoms with E-state index in [9.17, 15) is 9.59 Å². The molecule has 2 rings (SSSR count). The molecule has 2 heterocycles. The van der Waals surface area contributed by atoms with Crippen molar-refractivity contribution in [2.75, 3.05) is 6.54 Å². The van der Waals surface area contributed by atoms with Crippen LogP contribution >= 0.6 is 0 Å². The fourth-order valence-electron chi connectivity index (χ4n) is 2.17. The molecule has 0 aromatic carbocycles. The maximum atomic E-state index is 12.1. The number of hydrogen-bond donors (Lipinski definition) is 2. The van der Waals surface area contributed by atoms with E-state index in [4.69, 9.17) is 5.11 Å². The molecule has 0 spiro atoms. The molecule has 0 saturated heterocycles. The van der Waals surface area contributed by atoms with Crippen LogP contribution in [0.5, 0.6) is 0 Å². The van der Waals surface area contributed by atoms with Gasteiger partial charge in [0.05, 0.1) is 6.54 Å². The molecular weight excluding hydrogens is 262 g/mol. The van der Waals surface area contributed by atoms with Gasteiger partial charge in [0, 0.05) is 25.6 Å². The van der Waals surface area contributed by atoms with Gasteiger partial charge in [-0.05, 0) is 19.8 Å². The lowest BCUT2D eigenvalue weighted by molar-refractivity contribution is -0.137. The summed E-state index contributed by atoms with van der Waals surface area (Å²) in [4.78, 5) is 24.2. The highest BCUT2D eigenvalue weighted by molar-refractivity contribution is 5.74. The van der Waals surface area contributed by atoms with E-state index in [1.54, 1.807) is 11.2 Å². The van der Waals surface area contributed by atoms with Crippen LogP contribution in [0.4, 0.5) is 4.79 Å². The Labute approximate surface area is 116 Å². The van der Waals surface area contributed by atoms with Crippen LogP contribution in [0.2, 0.25) is 0 Å². The second-order valence-electron chi connectivity index (χ2n) is 5.00. The molecule has 1 aliphatic heterocycles. The summed E-state index contributed by atoms with van der Waals surface area (Å²) in [5, 5.41) is 19.2. The van der Waals surface area contributed by atoms with E-state index in [0.717, 1.165) is 5.82 Å². The number of nitrogens with one attached hydrogen (secondary N) is 1. The third-order valence-electron chi connectivity index (χ3n) is 3.32. The number of carbonyl (C=O) groups excluding carboxylic acids is 1. The van der Waals surface area contributed by atoms with Gasteiger partial charge in [0.1, 0.15) is 6.33 Å². The lowest BCUT2D eigenvalue weighted by atomic mass is 10.1. The van der Waals surface area contributed by atoms with Gasteiger partial charge in [0.2, 0.25) is 0 Å². The predicted octanol–water partition coefficient (Wildman–Crippen LogP) is 0.447. The van der Waals surface area contributed by atoms with E-state index in [0.29, 0.717) is 32.5 Å². The Kier molecular flexibility index (Phi) is 4.54. The lowest BCUT2D eigenvalue weighted by Gasteiger charge is -2.28. The zero-order chi connectivity index (χ0) is 14.5. The Morgan fingerprint density at radius 3 is 3.05 bits per heavy atom. The van der Waals surface area contributed by atoms with Crippen molar-refractivity contribution in [1.29, 1.82) is 0 Å². The lowest BCUT2D eigenvalue weighted by Crippen LogP contribution is -2.46. The molecule has 0 radical (unpaired) electrons. The molecule has 8 heteroatoms. The topological polar surface area (TPSA) is 100 Å². The van der Waals surface area contributed by atoms with Crippen molar-refractivity contribution in [3.63, 3.8) is 0 Å². The second kappa shape index (κ2) is 6.36. The molecule has 1 unspecified atom stereocenters. The third kappa shape index (κ3) is 3.69. The molecule has 0 fully saturated rings. The zero-order valence-corrected chi connectivity index (χ0v) is 11.4. The maximum absolute atomic E-state index is 12.1. The Bertz CT molecular complexity index is 487. The quantitative estimate of drug-likeness (QED) is 0.816. The summed E-state index contributed by atoms with van der Waals surface area (Å²) in [6.45, 7) is 3.65. The van der Waals surface area contributed by atoms with Gasteiger partial charge in [-0.25, -0.2) is 4.79 Å². The summed E-state index contributed by atoms with van der Waals surface area (Å²) in [6, 6.07) is -0.177. The molecule has 8 nitrogen and oxygen atoms in total. The Morgan fingerprint density at radius 1 is 1.50 bits per heavy atom. The number of urea groups is 1. The Morgan fingerprint density at radius 2 is 2.30 bits per heavy atom. The highest BCUT2D eigenvalue weighted by Gasteiger charge is 2.22. The van der Waals surface area contributed by atoms with Crippen LogP contribution in [-0.4, -0.2) is 49.4 Å². The van der Waals surface area contributed by atoms with Gasteiger partial charge in [-0.15, -0.1) is 10.2 Å². The molecule has 0 bridgehead atoms. The van der Waals surface area contributed by atoms with E-state index in [1.807, 2.05) is 11.5 Å². The summed E-state index contributed by atoms with van der Waals surface area (Å²) in [7, 11) is 0. The van der Waals surface area contributed by atoms with Crippen molar-refractivity contribution in [2.45, 2.75) is 45.3 Å². The fraction of sp³-hybridized carbons (Fsp3) is 0.667.